The summed E-state index contributed by atoms with van der Waals surface area (Å²) in [6, 6.07) is 8.12. The predicted octanol–water partition coefficient (Wildman–Crippen LogP) is 4.60. The highest BCUT2D eigenvalue weighted by Crippen LogP contribution is 2.39. The number of hydrogen-bond acceptors (Lipinski definition) is 3. The fraction of sp³-hybridized carbons (Fsp3) is 0. The fourth-order valence-corrected chi connectivity index (χ4v) is 1.89. The van der Waals surface area contributed by atoms with Crippen LogP contribution in [0, 0.1) is 0 Å². The van der Waals surface area contributed by atoms with Crippen LogP contribution in [0.5, 0.6) is 11.5 Å². The predicted molar refractivity (Wildman–Crippen MR) is 76.8 cm³/mol. The summed E-state index contributed by atoms with van der Waals surface area (Å²) in [7, 11) is 0. The molecule has 6 heteroatoms. The van der Waals surface area contributed by atoms with E-state index in [-0.39, 0.29) is 0 Å². The molecule has 2 aromatic carbocycles. The van der Waals surface area contributed by atoms with Crippen molar-refractivity contribution in [1.82, 2.24) is 0 Å². The van der Waals surface area contributed by atoms with Crippen molar-refractivity contribution in [3.63, 3.8) is 0 Å². The zero-order chi connectivity index (χ0) is 13.3. The number of benzene rings is 2. The Morgan fingerprint density at radius 1 is 0.833 bits per heavy atom. The summed E-state index contributed by atoms with van der Waals surface area (Å²) >= 11 is 17.9. The normalized spacial score (nSPS) is 10.4. The zero-order valence-corrected chi connectivity index (χ0v) is 11.4. The van der Waals surface area contributed by atoms with E-state index in [4.69, 9.17) is 51.0 Å². The van der Waals surface area contributed by atoms with Crippen molar-refractivity contribution in [2.45, 2.75) is 0 Å². The van der Waals surface area contributed by atoms with Gasteiger partial charge in [0, 0.05) is 6.07 Å². The minimum absolute atomic E-state index is 0.311. The molecule has 18 heavy (non-hydrogen) atoms. The molecule has 0 aliphatic rings. The first-order valence-electron chi connectivity index (χ1n) is 4.95. The molecule has 0 fully saturated rings. The summed E-state index contributed by atoms with van der Waals surface area (Å²) in [6.07, 6.45) is 0. The highest BCUT2D eigenvalue weighted by molar-refractivity contribution is 6.43. The summed E-state index contributed by atoms with van der Waals surface area (Å²) in [4.78, 5) is 0. The van der Waals surface area contributed by atoms with Gasteiger partial charge in [0.05, 0.1) is 21.4 Å². The second kappa shape index (κ2) is 5.14. The van der Waals surface area contributed by atoms with Gasteiger partial charge in [-0.25, -0.2) is 0 Å². The topological polar surface area (TPSA) is 61.3 Å². The van der Waals surface area contributed by atoms with Crippen molar-refractivity contribution in [2.24, 2.45) is 0 Å². The Kier molecular flexibility index (Phi) is 3.76. The molecule has 0 bridgehead atoms. The first-order chi connectivity index (χ1) is 8.49. The largest absolute Gasteiger partial charge is 0.454 e. The zero-order valence-electron chi connectivity index (χ0n) is 9.08. The smallest absolute Gasteiger partial charge is 0.148 e. The van der Waals surface area contributed by atoms with Gasteiger partial charge in [-0.15, -0.1) is 0 Å². The van der Waals surface area contributed by atoms with E-state index in [0.29, 0.717) is 37.9 Å². The van der Waals surface area contributed by atoms with Gasteiger partial charge in [0.25, 0.3) is 0 Å². The van der Waals surface area contributed by atoms with Crippen LogP contribution in [0.4, 0.5) is 11.4 Å². The SMILES string of the molecule is Nc1cc(Cl)c(Oc2cccc(Cl)c2Cl)cc1N. The van der Waals surface area contributed by atoms with Gasteiger partial charge in [-0.2, -0.15) is 0 Å². The van der Waals surface area contributed by atoms with Gasteiger partial charge in [0.15, 0.2) is 0 Å². The minimum Gasteiger partial charge on any atom is -0.454 e. The van der Waals surface area contributed by atoms with Gasteiger partial charge < -0.3 is 16.2 Å². The van der Waals surface area contributed by atoms with Crippen LogP contribution in [0.1, 0.15) is 0 Å². The maximum absolute atomic E-state index is 6.01. The Morgan fingerprint density at radius 3 is 2.22 bits per heavy atom. The number of halogens is 3. The number of ether oxygens (including phenoxy) is 1. The molecule has 0 unspecified atom stereocenters. The highest BCUT2D eigenvalue weighted by atomic mass is 35.5. The molecule has 0 amide bonds. The molecule has 0 aromatic heterocycles. The molecule has 0 aliphatic heterocycles. The molecule has 0 atom stereocenters. The lowest BCUT2D eigenvalue weighted by atomic mass is 10.2. The lowest BCUT2D eigenvalue weighted by Gasteiger charge is -2.11. The third-order valence-electron chi connectivity index (χ3n) is 2.27. The summed E-state index contributed by atoms with van der Waals surface area (Å²) in [6.45, 7) is 0. The van der Waals surface area contributed by atoms with Gasteiger partial charge in [-0.3, -0.25) is 0 Å². The van der Waals surface area contributed by atoms with Crippen LogP contribution in [0.2, 0.25) is 15.1 Å². The Labute approximate surface area is 119 Å². The molecule has 0 aliphatic carbocycles. The molecule has 0 saturated heterocycles. The van der Waals surface area contributed by atoms with Gasteiger partial charge in [-0.05, 0) is 18.2 Å². The maximum atomic E-state index is 6.01. The minimum atomic E-state index is 0.311. The fourth-order valence-electron chi connectivity index (χ4n) is 1.34. The van der Waals surface area contributed by atoms with E-state index in [1.807, 2.05) is 0 Å². The first-order valence-corrected chi connectivity index (χ1v) is 6.09. The Bertz CT molecular complexity index is 602. The van der Waals surface area contributed by atoms with E-state index in [1.165, 1.54) is 12.1 Å². The van der Waals surface area contributed by atoms with Crippen LogP contribution in [0.25, 0.3) is 0 Å². The number of nitrogen functional groups attached to an aromatic ring is 2. The second-order valence-corrected chi connectivity index (χ2v) is 4.76. The number of nitrogens with two attached hydrogens (primary N) is 2. The average molecular weight is 304 g/mol. The first kappa shape index (κ1) is 13.1. The van der Waals surface area contributed by atoms with Crippen molar-refractivity contribution in [3.05, 3.63) is 45.4 Å². The molecule has 2 aromatic rings. The molecule has 0 radical (unpaired) electrons. The Balaban J connectivity index is 2.40. The molecule has 0 saturated carbocycles. The standard InChI is InChI=1S/C12H9Cl3N2O/c13-6-2-1-3-10(12(6)15)18-11-5-9(17)8(16)4-7(11)14/h1-5H,16-17H2. The molecule has 0 heterocycles. The van der Waals surface area contributed by atoms with E-state index < -0.39 is 0 Å². The lowest BCUT2D eigenvalue weighted by molar-refractivity contribution is 0.483. The van der Waals surface area contributed by atoms with Gasteiger partial charge >= 0.3 is 0 Å². The molecule has 94 valence electrons. The quantitative estimate of drug-likeness (QED) is 0.797. The molecule has 3 nitrogen and oxygen atoms in total. The van der Waals surface area contributed by atoms with E-state index in [9.17, 15) is 0 Å². The van der Waals surface area contributed by atoms with Gasteiger partial charge in [-0.1, -0.05) is 40.9 Å². The van der Waals surface area contributed by atoms with Crippen molar-refractivity contribution in [3.8, 4) is 11.5 Å². The lowest BCUT2D eigenvalue weighted by Crippen LogP contribution is -1.96. The van der Waals surface area contributed by atoms with Crippen LogP contribution in [0.15, 0.2) is 30.3 Å². The van der Waals surface area contributed by atoms with Crippen molar-refractivity contribution < 1.29 is 4.74 Å². The van der Waals surface area contributed by atoms with Crippen molar-refractivity contribution >= 4 is 46.2 Å². The number of anilines is 2. The van der Waals surface area contributed by atoms with Crippen LogP contribution in [-0.4, -0.2) is 0 Å². The Hall–Kier alpha value is -1.29. The third kappa shape index (κ3) is 2.58. The molecular weight excluding hydrogens is 295 g/mol. The molecular formula is C12H9Cl3N2O. The summed E-state index contributed by atoms with van der Waals surface area (Å²) in [5, 5.41) is 1.05. The van der Waals surface area contributed by atoms with Crippen molar-refractivity contribution in [1.29, 1.82) is 0 Å². The molecule has 4 N–H and O–H groups in total. The van der Waals surface area contributed by atoms with Gasteiger partial charge in [0.1, 0.15) is 16.5 Å². The monoisotopic (exact) mass is 302 g/mol. The van der Waals surface area contributed by atoms with E-state index >= 15 is 0 Å². The van der Waals surface area contributed by atoms with E-state index in [1.54, 1.807) is 18.2 Å². The Morgan fingerprint density at radius 2 is 1.50 bits per heavy atom. The highest BCUT2D eigenvalue weighted by Gasteiger charge is 2.10. The summed E-state index contributed by atoms with van der Waals surface area (Å²) in [5.41, 5.74) is 12.1. The summed E-state index contributed by atoms with van der Waals surface area (Å²) < 4.78 is 5.57. The maximum Gasteiger partial charge on any atom is 0.148 e. The third-order valence-corrected chi connectivity index (χ3v) is 3.37. The average Bonchev–Trinajstić information content (AvgIpc) is 2.32. The van der Waals surface area contributed by atoms with E-state index in [0.717, 1.165) is 0 Å². The van der Waals surface area contributed by atoms with Crippen LogP contribution in [-0.2, 0) is 0 Å². The van der Waals surface area contributed by atoms with E-state index in [2.05, 4.69) is 0 Å². The molecule has 2 rings (SSSR count). The van der Waals surface area contributed by atoms with Crippen LogP contribution >= 0.6 is 34.8 Å². The second-order valence-electron chi connectivity index (χ2n) is 3.57. The van der Waals surface area contributed by atoms with Gasteiger partial charge in [0.2, 0.25) is 0 Å². The number of rotatable bonds is 2. The molecule has 0 spiro atoms. The van der Waals surface area contributed by atoms with Crippen molar-refractivity contribution in [2.75, 3.05) is 11.5 Å². The van der Waals surface area contributed by atoms with Crippen LogP contribution < -0.4 is 16.2 Å². The van der Waals surface area contributed by atoms with Crippen LogP contribution in [0.3, 0.4) is 0 Å². The number of hydrogen-bond donors (Lipinski definition) is 2. The summed E-state index contributed by atoms with van der Waals surface area (Å²) in [5.74, 6) is 0.766.